The Morgan fingerprint density at radius 1 is 1.59 bits per heavy atom. The van der Waals surface area contributed by atoms with Gasteiger partial charge in [-0.2, -0.15) is 0 Å². The molecule has 7 nitrogen and oxygen atoms in total. The second kappa shape index (κ2) is 4.74. The van der Waals surface area contributed by atoms with Gasteiger partial charge < -0.3 is 15.9 Å². The van der Waals surface area contributed by atoms with Crippen LogP contribution in [0.3, 0.4) is 0 Å². The number of carboxylic acid groups (broad SMARTS) is 1. The van der Waals surface area contributed by atoms with E-state index in [0.29, 0.717) is 12.1 Å². The molecule has 1 aromatic carbocycles. The molecule has 8 heteroatoms. The summed E-state index contributed by atoms with van der Waals surface area (Å²) in [5.74, 6) is -4.69. The number of aliphatic carboxylic acids is 1. The maximum atomic E-state index is 13.1. The molecular formula is C9H9FN2O5. The SMILES string of the molecule is NCC(C(=O)O)c1cc(F)cc([N+](=O)[O-])c1O. The van der Waals surface area contributed by atoms with Gasteiger partial charge >= 0.3 is 11.7 Å². The van der Waals surface area contributed by atoms with Gasteiger partial charge in [0.15, 0.2) is 5.75 Å². The van der Waals surface area contributed by atoms with Crippen LogP contribution in [0.4, 0.5) is 10.1 Å². The van der Waals surface area contributed by atoms with Crippen molar-refractivity contribution >= 4 is 11.7 Å². The van der Waals surface area contributed by atoms with E-state index in [1.54, 1.807) is 0 Å². The minimum Gasteiger partial charge on any atom is -0.502 e. The van der Waals surface area contributed by atoms with E-state index in [1.807, 2.05) is 0 Å². The lowest BCUT2D eigenvalue weighted by Gasteiger charge is -2.11. The molecule has 0 bridgehead atoms. The molecule has 0 saturated carbocycles. The maximum Gasteiger partial charge on any atom is 0.313 e. The van der Waals surface area contributed by atoms with Crippen LogP contribution in [0.15, 0.2) is 12.1 Å². The fourth-order valence-corrected chi connectivity index (χ4v) is 1.37. The Morgan fingerprint density at radius 2 is 2.18 bits per heavy atom. The van der Waals surface area contributed by atoms with Crippen molar-refractivity contribution in [2.24, 2.45) is 5.73 Å². The molecule has 1 aromatic rings. The molecule has 0 radical (unpaired) electrons. The molecule has 0 amide bonds. The van der Waals surface area contributed by atoms with Crippen LogP contribution in [0.25, 0.3) is 0 Å². The van der Waals surface area contributed by atoms with Crippen LogP contribution >= 0.6 is 0 Å². The smallest absolute Gasteiger partial charge is 0.313 e. The molecule has 0 heterocycles. The number of nitro benzene ring substituents is 1. The van der Waals surface area contributed by atoms with E-state index in [0.717, 1.165) is 0 Å². The molecule has 1 rings (SSSR count). The molecule has 92 valence electrons. The van der Waals surface area contributed by atoms with E-state index in [-0.39, 0.29) is 0 Å². The highest BCUT2D eigenvalue weighted by atomic mass is 19.1. The van der Waals surface area contributed by atoms with Crippen molar-refractivity contribution in [3.05, 3.63) is 33.6 Å². The van der Waals surface area contributed by atoms with Crippen LogP contribution in [0, 0.1) is 15.9 Å². The summed E-state index contributed by atoms with van der Waals surface area (Å²) in [5.41, 5.74) is 3.87. The van der Waals surface area contributed by atoms with Gasteiger partial charge in [-0.15, -0.1) is 0 Å². The average molecular weight is 244 g/mol. The highest BCUT2D eigenvalue weighted by Gasteiger charge is 2.27. The first kappa shape index (κ1) is 12.8. The van der Waals surface area contributed by atoms with Crippen LogP contribution < -0.4 is 5.73 Å². The van der Waals surface area contributed by atoms with Gasteiger partial charge in [0.05, 0.1) is 16.9 Å². The summed E-state index contributed by atoms with van der Waals surface area (Å²) in [6, 6.07) is 1.22. The second-order valence-corrected chi connectivity index (χ2v) is 3.25. The summed E-state index contributed by atoms with van der Waals surface area (Å²) in [5, 5.41) is 28.8. The number of nitro groups is 1. The number of phenols is 1. The van der Waals surface area contributed by atoms with Crippen molar-refractivity contribution < 1.29 is 24.3 Å². The van der Waals surface area contributed by atoms with Gasteiger partial charge in [-0.3, -0.25) is 14.9 Å². The lowest BCUT2D eigenvalue weighted by atomic mass is 9.97. The zero-order chi connectivity index (χ0) is 13.2. The zero-order valence-electron chi connectivity index (χ0n) is 8.46. The first-order valence-corrected chi connectivity index (χ1v) is 4.48. The largest absolute Gasteiger partial charge is 0.502 e. The Labute approximate surface area is 94.4 Å². The Kier molecular flexibility index (Phi) is 3.59. The molecule has 0 aliphatic rings. The van der Waals surface area contributed by atoms with Gasteiger partial charge in [0.1, 0.15) is 5.82 Å². The van der Waals surface area contributed by atoms with E-state index in [1.165, 1.54) is 0 Å². The third kappa shape index (κ3) is 2.48. The van der Waals surface area contributed by atoms with E-state index < -0.39 is 46.2 Å². The zero-order valence-corrected chi connectivity index (χ0v) is 8.46. The van der Waals surface area contributed by atoms with Crippen LogP contribution in [0.5, 0.6) is 5.75 Å². The highest BCUT2D eigenvalue weighted by molar-refractivity contribution is 5.78. The first-order chi connectivity index (χ1) is 7.88. The Hall–Kier alpha value is -2.22. The van der Waals surface area contributed by atoms with Crippen molar-refractivity contribution in [2.45, 2.75) is 5.92 Å². The minimum atomic E-state index is -1.40. The normalized spacial score (nSPS) is 12.1. The molecule has 1 atom stereocenters. The van der Waals surface area contributed by atoms with Gasteiger partial charge in [0.2, 0.25) is 0 Å². The van der Waals surface area contributed by atoms with E-state index >= 15 is 0 Å². The van der Waals surface area contributed by atoms with Gasteiger partial charge in [-0.1, -0.05) is 0 Å². The van der Waals surface area contributed by atoms with Gasteiger partial charge in [-0.05, 0) is 6.07 Å². The third-order valence-corrected chi connectivity index (χ3v) is 2.19. The first-order valence-electron chi connectivity index (χ1n) is 4.48. The molecule has 0 spiro atoms. The van der Waals surface area contributed by atoms with Crippen molar-refractivity contribution in [1.29, 1.82) is 0 Å². The molecule has 0 aliphatic heterocycles. The van der Waals surface area contributed by atoms with Crippen LogP contribution in [-0.2, 0) is 4.79 Å². The number of nitrogens with two attached hydrogens (primary N) is 1. The molecule has 0 fully saturated rings. The van der Waals surface area contributed by atoms with Crippen LogP contribution in [0.2, 0.25) is 0 Å². The molecule has 0 aromatic heterocycles. The lowest BCUT2D eigenvalue weighted by molar-refractivity contribution is -0.386. The summed E-state index contributed by atoms with van der Waals surface area (Å²) in [6.45, 7) is -0.413. The van der Waals surface area contributed by atoms with Crippen molar-refractivity contribution in [3.8, 4) is 5.75 Å². The summed E-state index contributed by atoms with van der Waals surface area (Å²) >= 11 is 0. The van der Waals surface area contributed by atoms with E-state index in [2.05, 4.69) is 0 Å². The topological polar surface area (TPSA) is 127 Å². The number of hydrogen-bond donors (Lipinski definition) is 3. The van der Waals surface area contributed by atoms with E-state index in [4.69, 9.17) is 10.8 Å². The molecule has 0 aliphatic carbocycles. The number of nitrogens with zero attached hydrogens (tertiary/aromatic N) is 1. The maximum absolute atomic E-state index is 13.1. The van der Waals surface area contributed by atoms with Gasteiger partial charge in [-0.25, -0.2) is 4.39 Å². The number of carboxylic acids is 1. The van der Waals surface area contributed by atoms with Crippen molar-refractivity contribution in [2.75, 3.05) is 6.54 Å². The van der Waals surface area contributed by atoms with E-state index in [9.17, 15) is 24.4 Å². The minimum absolute atomic E-state index is 0.410. The Bertz CT molecular complexity index is 477. The quantitative estimate of drug-likeness (QED) is 0.524. The third-order valence-electron chi connectivity index (χ3n) is 2.19. The van der Waals surface area contributed by atoms with Crippen molar-refractivity contribution in [3.63, 3.8) is 0 Å². The van der Waals surface area contributed by atoms with Gasteiger partial charge in [0.25, 0.3) is 0 Å². The number of halogens is 1. The summed E-state index contributed by atoms with van der Waals surface area (Å²) in [6.07, 6.45) is 0. The predicted octanol–water partition coefficient (Wildman–Crippen LogP) is 0.566. The highest BCUT2D eigenvalue weighted by Crippen LogP contribution is 2.35. The van der Waals surface area contributed by atoms with Crippen LogP contribution in [0.1, 0.15) is 11.5 Å². The predicted molar refractivity (Wildman–Crippen MR) is 54.2 cm³/mol. The number of aromatic hydroxyl groups is 1. The number of carbonyl (C=O) groups is 1. The monoisotopic (exact) mass is 244 g/mol. The fraction of sp³-hybridized carbons (Fsp3) is 0.222. The Balaban J connectivity index is 3.42. The standard InChI is InChI=1S/C9H9FN2O5/c10-4-1-5(6(3-11)9(14)15)8(13)7(2-4)12(16)17/h1-2,6,13H,3,11H2,(H,14,15). The summed E-state index contributed by atoms with van der Waals surface area (Å²) in [7, 11) is 0. The molecule has 17 heavy (non-hydrogen) atoms. The number of hydrogen-bond acceptors (Lipinski definition) is 5. The summed E-state index contributed by atoms with van der Waals surface area (Å²) in [4.78, 5) is 20.3. The summed E-state index contributed by atoms with van der Waals surface area (Å²) < 4.78 is 13.1. The fourth-order valence-electron chi connectivity index (χ4n) is 1.37. The number of benzene rings is 1. The molecular weight excluding hydrogens is 235 g/mol. The van der Waals surface area contributed by atoms with Crippen molar-refractivity contribution in [1.82, 2.24) is 0 Å². The second-order valence-electron chi connectivity index (χ2n) is 3.25. The average Bonchev–Trinajstić information content (AvgIpc) is 2.22. The van der Waals surface area contributed by atoms with Gasteiger partial charge in [0, 0.05) is 12.1 Å². The van der Waals surface area contributed by atoms with Crippen LogP contribution in [-0.4, -0.2) is 27.7 Å². The molecule has 4 N–H and O–H groups in total. The number of phenolic OH excluding ortho intramolecular Hbond substituents is 1. The molecule has 1 unspecified atom stereocenters. The Morgan fingerprint density at radius 3 is 2.59 bits per heavy atom. The molecule has 0 saturated heterocycles. The lowest BCUT2D eigenvalue weighted by Crippen LogP contribution is -2.21. The number of rotatable bonds is 4.